The van der Waals surface area contributed by atoms with Crippen LogP contribution in [0, 0.1) is 12.8 Å². The lowest BCUT2D eigenvalue weighted by molar-refractivity contribution is -0.148. The molecule has 6 heteroatoms. The first kappa shape index (κ1) is 13.6. The van der Waals surface area contributed by atoms with E-state index in [0.29, 0.717) is 24.9 Å². The predicted molar refractivity (Wildman–Crippen MR) is 72.8 cm³/mol. The lowest BCUT2D eigenvalue weighted by atomic mass is 9.98. The first-order chi connectivity index (χ1) is 9.10. The monoisotopic (exact) mass is 264 g/mol. The molecule has 2 N–H and O–H groups in total. The maximum Gasteiger partial charge on any atom is 0.310 e. The number of nitrogens with zero attached hydrogens (tertiary/aromatic N) is 3. The summed E-state index contributed by atoms with van der Waals surface area (Å²) >= 11 is 0. The van der Waals surface area contributed by atoms with E-state index in [4.69, 9.17) is 10.5 Å². The number of ether oxygens (including phenoxy) is 1. The SMILES string of the molecule is CCOC(=O)[C@H]1CCCN(c2nc(C)cc(N)n2)C1. The van der Waals surface area contributed by atoms with Crippen molar-refractivity contribution in [3.05, 3.63) is 11.8 Å². The number of rotatable bonds is 3. The van der Waals surface area contributed by atoms with Crippen molar-refractivity contribution in [3.63, 3.8) is 0 Å². The molecule has 0 saturated carbocycles. The topological polar surface area (TPSA) is 81.3 Å². The molecule has 1 aromatic rings. The molecule has 2 rings (SSSR count). The second-order valence-corrected chi connectivity index (χ2v) is 4.77. The summed E-state index contributed by atoms with van der Waals surface area (Å²) in [6, 6.07) is 1.73. The van der Waals surface area contributed by atoms with E-state index in [1.54, 1.807) is 6.07 Å². The second kappa shape index (κ2) is 5.86. The van der Waals surface area contributed by atoms with Crippen molar-refractivity contribution >= 4 is 17.7 Å². The van der Waals surface area contributed by atoms with Crippen molar-refractivity contribution in [1.82, 2.24) is 9.97 Å². The van der Waals surface area contributed by atoms with Crippen LogP contribution in [0.15, 0.2) is 6.07 Å². The van der Waals surface area contributed by atoms with Crippen molar-refractivity contribution in [2.24, 2.45) is 5.92 Å². The summed E-state index contributed by atoms with van der Waals surface area (Å²) < 4.78 is 5.08. The van der Waals surface area contributed by atoms with E-state index in [-0.39, 0.29) is 11.9 Å². The molecule has 1 saturated heterocycles. The molecule has 0 unspecified atom stereocenters. The highest BCUT2D eigenvalue weighted by Crippen LogP contribution is 2.22. The van der Waals surface area contributed by atoms with Gasteiger partial charge < -0.3 is 15.4 Å². The van der Waals surface area contributed by atoms with Gasteiger partial charge in [-0.25, -0.2) is 4.98 Å². The smallest absolute Gasteiger partial charge is 0.310 e. The van der Waals surface area contributed by atoms with Crippen LogP contribution in [-0.2, 0) is 9.53 Å². The summed E-state index contributed by atoms with van der Waals surface area (Å²) in [6.07, 6.45) is 1.79. The molecular formula is C13H20N4O2. The molecule has 1 aromatic heterocycles. The minimum atomic E-state index is -0.132. The molecule has 0 aliphatic carbocycles. The fourth-order valence-corrected chi connectivity index (χ4v) is 2.33. The zero-order chi connectivity index (χ0) is 13.8. The number of piperidine rings is 1. The maximum absolute atomic E-state index is 11.8. The largest absolute Gasteiger partial charge is 0.466 e. The van der Waals surface area contributed by atoms with Gasteiger partial charge in [0.15, 0.2) is 0 Å². The van der Waals surface area contributed by atoms with Crippen molar-refractivity contribution in [3.8, 4) is 0 Å². The fraction of sp³-hybridized carbons (Fsp3) is 0.615. The number of carbonyl (C=O) groups excluding carboxylic acids is 1. The highest BCUT2D eigenvalue weighted by molar-refractivity contribution is 5.73. The van der Waals surface area contributed by atoms with Gasteiger partial charge in [-0.3, -0.25) is 4.79 Å². The van der Waals surface area contributed by atoms with Gasteiger partial charge in [-0.2, -0.15) is 4.98 Å². The standard InChI is InChI=1S/C13H20N4O2/c1-3-19-12(18)10-5-4-6-17(8-10)13-15-9(2)7-11(14)16-13/h7,10H,3-6,8H2,1-2H3,(H2,14,15,16)/t10-/m0/s1. The molecule has 1 fully saturated rings. The number of hydrogen-bond acceptors (Lipinski definition) is 6. The Hall–Kier alpha value is -1.85. The normalized spacial score (nSPS) is 19.3. The summed E-state index contributed by atoms with van der Waals surface area (Å²) in [4.78, 5) is 22.4. The predicted octanol–water partition coefficient (Wildman–Crippen LogP) is 1.15. The average Bonchev–Trinajstić information content (AvgIpc) is 2.38. The molecule has 0 bridgehead atoms. The lowest BCUT2D eigenvalue weighted by Gasteiger charge is -2.31. The number of esters is 1. The van der Waals surface area contributed by atoms with Crippen LogP contribution in [0.25, 0.3) is 0 Å². The Morgan fingerprint density at radius 2 is 2.37 bits per heavy atom. The number of anilines is 2. The van der Waals surface area contributed by atoms with Crippen molar-refractivity contribution in [1.29, 1.82) is 0 Å². The Balaban J connectivity index is 2.10. The van der Waals surface area contributed by atoms with Gasteiger partial charge >= 0.3 is 5.97 Å². The highest BCUT2D eigenvalue weighted by Gasteiger charge is 2.28. The summed E-state index contributed by atoms with van der Waals surface area (Å²) in [5.41, 5.74) is 6.57. The van der Waals surface area contributed by atoms with Crippen LogP contribution >= 0.6 is 0 Å². The maximum atomic E-state index is 11.8. The zero-order valence-corrected chi connectivity index (χ0v) is 11.4. The highest BCUT2D eigenvalue weighted by atomic mass is 16.5. The van der Waals surface area contributed by atoms with Crippen LogP contribution in [0.1, 0.15) is 25.5 Å². The van der Waals surface area contributed by atoms with Crippen LogP contribution in [0.5, 0.6) is 0 Å². The van der Waals surface area contributed by atoms with Gasteiger partial charge in [-0.05, 0) is 26.7 Å². The van der Waals surface area contributed by atoms with Crippen LogP contribution in [0.3, 0.4) is 0 Å². The molecule has 6 nitrogen and oxygen atoms in total. The molecular weight excluding hydrogens is 244 g/mol. The van der Waals surface area contributed by atoms with E-state index in [2.05, 4.69) is 9.97 Å². The molecule has 1 aliphatic heterocycles. The third kappa shape index (κ3) is 3.33. The first-order valence-corrected chi connectivity index (χ1v) is 6.63. The van der Waals surface area contributed by atoms with E-state index in [0.717, 1.165) is 25.1 Å². The van der Waals surface area contributed by atoms with Crippen LogP contribution in [0.4, 0.5) is 11.8 Å². The van der Waals surface area contributed by atoms with Gasteiger partial charge in [-0.15, -0.1) is 0 Å². The first-order valence-electron chi connectivity index (χ1n) is 6.63. The van der Waals surface area contributed by atoms with E-state index in [9.17, 15) is 4.79 Å². The minimum Gasteiger partial charge on any atom is -0.466 e. The fourth-order valence-electron chi connectivity index (χ4n) is 2.33. The van der Waals surface area contributed by atoms with E-state index in [1.165, 1.54) is 0 Å². The van der Waals surface area contributed by atoms with E-state index in [1.807, 2.05) is 18.7 Å². The summed E-state index contributed by atoms with van der Waals surface area (Å²) in [5.74, 6) is 0.833. The van der Waals surface area contributed by atoms with Crippen LogP contribution in [0.2, 0.25) is 0 Å². The van der Waals surface area contributed by atoms with E-state index >= 15 is 0 Å². The molecule has 0 aromatic carbocycles. The number of carbonyl (C=O) groups is 1. The summed E-state index contributed by atoms with van der Waals surface area (Å²) in [5, 5.41) is 0. The number of nitrogens with two attached hydrogens (primary N) is 1. The molecule has 0 amide bonds. The van der Waals surface area contributed by atoms with Gasteiger partial charge in [0.25, 0.3) is 0 Å². The van der Waals surface area contributed by atoms with Crippen molar-refractivity contribution in [2.75, 3.05) is 30.3 Å². The quantitative estimate of drug-likeness (QED) is 0.825. The van der Waals surface area contributed by atoms with Crippen molar-refractivity contribution in [2.45, 2.75) is 26.7 Å². The molecule has 2 heterocycles. The molecule has 19 heavy (non-hydrogen) atoms. The van der Waals surface area contributed by atoms with Gasteiger partial charge in [0.1, 0.15) is 5.82 Å². The average molecular weight is 264 g/mol. The number of nitrogen functional groups attached to an aromatic ring is 1. The Labute approximate surface area is 113 Å². The van der Waals surface area contributed by atoms with Crippen LogP contribution < -0.4 is 10.6 Å². The Morgan fingerprint density at radius 3 is 3.05 bits per heavy atom. The third-order valence-corrected chi connectivity index (χ3v) is 3.19. The zero-order valence-electron chi connectivity index (χ0n) is 11.4. The van der Waals surface area contributed by atoms with Gasteiger partial charge in [-0.1, -0.05) is 0 Å². The Kier molecular flexibility index (Phi) is 4.19. The number of aryl methyl sites for hydroxylation is 1. The molecule has 104 valence electrons. The molecule has 1 atom stereocenters. The van der Waals surface area contributed by atoms with Crippen LogP contribution in [-0.4, -0.2) is 35.6 Å². The number of aromatic nitrogens is 2. The Bertz CT molecular complexity index is 444. The van der Waals surface area contributed by atoms with Gasteiger partial charge in [0, 0.05) is 24.8 Å². The van der Waals surface area contributed by atoms with Crippen molar-refractivity contribution < 1.29 is 9.53 Å². The lowest BCUT2D eigenvalue weighted by Crippen LogP contribution is -2.40. The van der Waals surface area contributed by atoms with E-state index < -0.39 is 0 Å². The molecule has 0 radical (unpaired) electrons. The Morgan fingerprint density at radius 1 is 1.58 bits per heavy atom. The second-order valence-electron chi connectivity index (χ2n) is 4.77. The molecule has 1 aliphatic rings. The summed E-state index contributed by atoms with van der Waals surface area (Å²) in [6.45, 7) is 5.57. The molecule has 0 spiro atoms. The number of hydrogen-bond donors (Lipinski definition) is 1. The third-order valence-electron chi connectivity index (χ3n) is 3.19. The minimum absolute atomic E-state index is 0.0981. The van der Waals surface area contributed by atoms with Gasteiger partial charge in [0.2, 0.25) is 5.95 Å². The van der Waals surface area contributed by atoms with Gasteiger partial charge in [0.05, 0.1) is 12.5 Å². The summed E-state index contributed by atoms with van der Waals surface area (Å²) in [7, 11) is 0.